The van der Waals surface area contributed by atoms with Crippen molar-refractivity contribution >= 4 is 16.8 Å². The zero-order valence-corrected chi connectivity index (χ0v) is 10.7. The quantitative estimate of drug-likeness (QED) is 0.852. The summed E-state index contributed by atoms with van der Waals surface area (Å²) in [6.45, 7) is 2.60. The molecule has 0 bridgehead atoms. The molecule has 2 rings (SSSR count). The Kier molecular flexibility index (Phi) is 3.97. The van der Waals surface area contributed by atoms with Crippen molar-refractivity contribution in [2.24, 2.45) is 0 Å². The molecule has 100 valence electrons. The highest BCUT2D eigenvalue weighted by Crippen LogP contribution is 2.11. The summed E-state index contributed by atoms with van der Waals surface area (Å²) in [5.74, 6) is -0.452. The average Bonchev–Trinajstić information content (AvgIpc) is 2.45. The SMILES string of the molecule is CCn1cc(C(=O)NCCO)c(=O)c2ccccc21. The van der Waals surface area contributed by atoms with E-state index in [0.29, 0.717) is 11.9 Å². The van der Waals surface area contributed by atoms with E-state index in [4.69, 9.17) is 5.11 Å². The summed E-state index contributed by atoms with van der Waals surface area (Å²) in [7, 11) is 0. The number of pyridine rings is 1. The van der Waals surface area contributed by atoms with Crippen molar-refractivity contribution in [3.8, 4) is 0 Å². The molecule has 19 heavy (non-hydrogen) atoms. The van der Waals surface area contributed by atoms with E-state index in [1.165, 1.54) is 0 Å². The molecule has 1 aromatic heterocycles. The van der Waals surface area contributed by atoms with Gasteiger partial charge in [-0.25, -0.2) is 0 Å². The van der Waals surface area contributed by atoms with Crippen LogP contribution in [0.1, 0.15) is 17.3 Å². The lowest BCUT2D eigenvalue weighted by Gasteiger charge is -2.11. The van der Waals surface area contributed by atoms with E-state index in [1.807, 2.05) is 23.6 Å². The minimum atomic E-state index is -0.452. The molecule has 2 aromatic rings. The Morgan fingerprint density at radius 2 is 2.11 bits per heavy atom. The number of benzene rings is 1. The van der Waals surface area contributed by atoms with Gasteiger partial charge in [0.1, 0.15) is 5.56 Å². The lowest BCUT2D eigenvalue weighted by atomic mass is 10.1. The number of aromatic nitrogens is 1. The maximum Gasteiger partial charge on any atom is 0.256 e. The Morgan fingerprint density at radius 1 is 1.37 bits per heavy atom. The summed E-state index contributed by atoms with van der Waals surface area (Å²) < 4.78 is 1.87. The molecule has 0 aliphatic carbocycles. The molecule has 2 N–H and O–H groups in total. The van der Waals surface area contributed by atoms with Crippen LogP contribution in [0, 0.1) is 0 Å². The predicted octanol–water partition coefficient (Wildman–Crippen LogP) is 0.743. The van der Waals surface area contributed by atoms with Gasteiger partial charge in [-0.3, -0.25) is 9.59 Å². The summed E-state index contributed by atoms with van der Waals surface area (Å²) in [6, 6.07) is 7.21. The van der Waals surface area contributed by atoms with E-state index in [2.05, 4.69) is 5.32 Å². The van der Waals surface area contributed by atoms with Crippen LogP contribution in [0.4, 0.5) is 0 Å². The second-order valence-electron chi connectivity index (χ2n) is 4.15. The molecule has 0 unspecified atom stereocenters. The maximum atomic E-state index is 12.3. The van der Waals surface area contributed by atoms with Gasteiger partial charge >= 0.3 is 0 Å². The van der Waals surface area contributed by atoms with Gasteiger partial charge in [-0.15, -0.1) is 0 Å². The molecule has 0 atom stereocenters. The Balaban J connectivity index is 2.60. The maximum absolute atomic E-state index is 12.3. The first-order valence-corrected chi connectivity index (χ1v) is 6.20. The van der Waals surface area contributed by atoms with Gasteiger partial charge < -0.3 is 15.0 Å². The van der Waals surface area contributed by atoms with Crippen molar-refractivity contribution < 1.29 is 9.90 Å². The van der Waals surface area contributed by atoms with Crippen molar-refractivity contribution in [2.45, 2.75) is 13.5 Å². The lowest BCUT2D eigenvalue weighted by molar-refractivity contribution is 0.0943. The van der Waals surface area contributed by atoms with Crippen molar-refractivity contribution in [1.82, 2.24) is 9.88 Å². The summed E-state index contributed by atoms with van der Waals surface area (Å²) in [4.78, 5) is 24.2. The molecule has 5 nitrogen and oxygen atoms in total. The zero-order chi connectivity index (χ0) is 13.8. The van der Waals surface area contributed by atoms with Gasteiger partial charge in [-0.05, 0) is 19.1 Å². The molecule has 1 aromatic carbocycles. The Hall–Kier alpha value is -2.14. The van der Waals surface area contributed by atoms with Gasteiger partial charge in [-0.2, -0.15) is 0 Å². The standard InChI is InChI=1S/C14H16N2O3/c1-2-16-9-11(14(19)15-7-8-17)13(18)10-5-3-4-6-12(10)16/h3-6,9,17H,2,7-8H2,1H3,(H,15,19). The van der Waals surface area contributed by atoms with Gasteiger partial charge in [0.25, 0.3) is 5.91 Å². The van der Waals surface area contributed by atoms with Gasteiger partial charge in [0.2, 0.25) is 5.43 Å². The number of carbonyl (C=O) groups excluding carboxylic acids is 1. The van der Waals surface area contributed by atoms with Crippen molar-refractivity contribution in [3.63, 3.8) is 0 Å². The number of aliphatic hydroxyl groups is 1. The highest BCUT2D eigenvalue weighted by Gasteiger charge is 2.14. The van der Waals surface area contributed by atoms with Crippen LogP contribution >= 0.6 is 0 Å². The lowest BCUT2D eigenvalue weighted by Crippen LogP contribution is -2.31. The van der Waals surface area contributed by atoms with E-state index in [-0.39, 0.29) is 24.1 Å². The summed E-state index contributed by atoms with van der Waals surface area (Å²) in [5, 5.41) is 11.7. The monoisotopic (exact) mass is 260 g/mol. The van der Waals surface area contributed by atoms with Crippen molar-refractivity contribution in [1.29, 1.82) is 0 Å². The fourth-order valence-electron chi connectivity index (χ4n) is 2.03. The topological polar surface area (TPSA) is 71.3 Å². The molecule has 0 spiro atoms. The molecule has 5 heteroatoms. The third kappa shape index (κ3) is 2.51. The fourth-order valence-corrected chi connectivity index (χ4v) is 2.03. The predicted molar refractivity (Wildman–Crippen MR) is 73.3 cm³/mol. The van der Waals surface area contributed by atoms with E-state index in [0.717, 1.165) is 5.52 Å². The van der Waals surface area contributed by atoms with E-state index < -0.39 is 5.91 Å². The third-order valence-corrected chi connectivity index (χ3v) is 2.97. The number of hydrogen-bond acceptors (Lipinski definition) is 3. The van der Waals surface area contributed by atoms with Crippen LogP contribution < -0.4 is 10.7 Å². The van der Waals surface area contributed by atoms with E-state index in [9.17, 15) is 9.59 Å². The number of aliphatic hydroxyl groups excluding tert-OH is 1. The Labute approximate surface area is 110 Å². The first-order chi connectivity index (χ1) is 9.19. The second kappa shape index (κ2) is 5.67. The molecule has 0 saturated heterocycles. The summed E-state index contributed by atoms with van der Waals surface area (Å²) >= 11 is 0. The van der Waals surface area contributed by atoms with Crippen LogP contribution in [0.25, 0.3) is 10.9 Å². The number of aryl methyl sites for hydroxylation is 1. The van der Waals surface area contributed by atoms with E-state index in [1.54, 1.807) is 18.3 Å². The molecule has 0 fully saturated rings. The van der Waals surface area contributed by atoms with Crippen molar-refractivity contribution in [2.75, 3.05) is 13.2 Å². The molecule has 0 aliphatic heterocycles. The van der Waals surface area contributed by atoms with Gasteiger partial charge in [-0.1, -0.05) is 12.1 Å². The molecular formula is C14H16N2O3. The summed E-state index contributed by atoms with van der Waals surface area (Å²) in [5.41, 5.74) is 0.637. The van der Waals surface area contributed by atoms with E-state index >= 15 is 0 Å². The number of nitrogens with zero attached hydrogens (tertiary/aromatic N) is 1. The van der Waals surface area contributed by atoms with Crippen LogP contribution in [0.5, 0.6) is 0 Å². The number of para-hydroxylation sites is 1. The molecule has 1 heterocycles. The number of nitrogens with one attached hydrogen (secondary N) is 1. The minimum Gasteiger partial charge on any atom is -0.395 e. The number of fused-ring (bicyclic) bond motifs is 1. The van der Waals surface area contributed by atoms with Crippen molar-refractivity contribution in [3.05, 3.63) is 46.2 Å². The highest BCUT2D eigenvalue weighted by atomic mass is 16.3. The Bertz CT molecular complexity index is 661. The number of rotatable bonds is 4. The van der Waals surface area contributed by atoms with Gasteiger partial charge in [0.05, 0.1) is 12.1 Å². The molecule has 1 amide bonds. The fraction of sp³-hybridized carbons (Fsp3) is 0.286. The van der Waals surface area contributed by atoms with Gasteiger partial charge in [0, 0.05) is 24.7 Å². The third-order valence-electron chi connectivity index (χ3n) is 2.97. The molecule has 0 aliphatic rings. The largest absolute Gasteiger partial charge is 0.395 e. The average molecular weight is 260 g/mol. The molecule has 0 radical (unpaired) electrons. The molecular weight excluding hydrogens is 244 g/mol. The number of amides is 1. The first-order valence-electron chi connectivity index (χ1n) is 6.20. The number of hydrogen-bond donors (Lipinski definition) is 2. The second-order valence-corrected chi connectivity index (χ2v) is 4.15. The van der Waals surface area contributed by atoms with Crippen LogP contribution in [0.15, 0.2) is 35.3 Å². The highest BCUT2D eigenvalue weighted by molar-refractivity contribution is 5.97. The number of carbonyl (C=O) groups is 1. The Morgan fingerprint density at radius 3 is 2.79 bits per heavy atom. The smallest absolute Gasteiger partial charge is 0.256 e. The summed E-state index contributed by atoms with van der Waals surface area (Å²) in [6.07, 6.45) is 1.57. The van der Waals surface area contributed by atoms with Crippen LogP contribution in [0.2, 0.25) is 0 Å². The molecule has 0 saturated carbocycles. The van der Waals surface area contributed by atoms with Crippen LogP contribution in [-0.2, 0) is 6.54 Å². The van der Waals surface area contributed by atoms with Crippen LogP contribution in [-0.4, -0.2) is 28.7 Å². The minimum absolute atomic E-state index is 0.106. The van der Waals surface area contributed by atoms with Crippen LogP contribution in [0.3, 0.4) is 0 Å². The normalized spacial score (nSPS) is 10.6. The zero-order valence-electron chi connectivity index (χ0n) is 10.7. The van der Waals surface area contributed by atoms with Gasteiger partial charge in [0.15, 0.2) is 0 Å². The first kappa shape index (κ1) is 13.3.